The number of nitrogens with one attached hydrogen (secondary N) is 2. The standard InChI is InChI=1S/C15H19N5O/c1-16-12-9-13(20(3)10-14(21)17-2)19-15(18-12)11-7-5-4-6-8-11/h4-9H,10H2,1-3H3,(H,17,21)(H,16,18,19). The number of rotatable bonds is 5. The van der Waals surface area contributed by atoms with Crippen molar-refractivity contribution in [3.63, 3.8) is 0 Å². The average Bonchev–Trinajstić information content (AvgIpc) is 2.54. The zero-order chi connectivity index (χ0) is 15.2. The quantitative estimate of drug-likeness (QED) is 0.868. The van der Waals surface area contributed by atoms with Crippen LogP contribution in [0.1, 0.15) is 0 Å². The van der Waals surface area contributed by atoms with Gasteiger partial charge in [0, 0.05) is 32.8 Å². The molecule has 2 rings (SSSR count). The third kappa shape index (κ3) is 3.68. The van der Waals surface area contributed by atoms with Crippen LogP contribution in [0.5, 0.6) is 0 Å². The average molecular weight is 285 g/mol. The number of carbonyl (C=O) groups excluding carboxylic acids is 1. The molecule has 1 aromatic carbocycles. The van der Waals surface area contributed by atoms with E-state index in [9.17, 15) is 4.79 Å². The molecule has 1 heterocycles. The molecule has 0 fully saturated rings. The second-order valence-electron chi connectivity index (χ2n) is 4.58. The van der Waals surface area contributed by atoms with Gasteiger partial charge in [0.15, 0.2) is 5.82 Å². The van der Waals surface area contributed by atoms with Gasteiger partial charge in [-0.15, -0.1) is 0 Å². The summed E-state index contributed by atoms with van der Waals surface area (Å²) in [5.74, 6) is 1.96. The molecule has 2 aromatic rings. The lowest BCUT2D eigenvalue weighted by Gasteiger charge is -2.18. The molecule has 0 atom stereocenters. The highest BCUT2D eigenvalue weighted by atomic mass is 16.1. The summed E-state index contributed by atoms with van der Waals surface area (Å²) in [6.07, 6.45) is 0. The topological polar surface area (TPSA) is 70.2 Å². The highest BCUT2D eigenvalue weighted by molar-refractivity contribution is 5.80. The third-order valence-corrected chi connectivity index (χ3v) is 3.05. The van der Waals surface area contributed by atoms with Gasteiger partial charge in [0.05, 0.1) is 6.54 Å². The van der Waals surface area contributed by atoms with E-state index in [0.717, 1.165) is 5.56 Å². The molecule has 21 heavy (non-hydrogen) atoms. The van der Waals surface area contributed by atoms with Crippen molar-refractivity contribution in [2.45, 2.75) is 0 Å². The second kappa shape index (κ2) is 6.69. The summed E-state index contributed by atoms with van der Waals surface area (Å²) in [5, 5.41) is 5.62. The fourth-order valence-corrected chi connectivity index (χ4v) is 1.85. The van der Waals surface area contributed by atoms with Crippen LogP contribution >= 0.6 is 0 Å². The number of anilines is 2. The molecule has 6 heteroatoms. The van der Waals surface area contributed by atoms with Gasteiger partial charge in [0.2, 0.25) is 5.91 Å². The minimum Gasteiger partial charge on any atom is -0.373 e. The van der Waals surface area contributed by atoms with E-state index in [0.29, 0.717) is 17.5 Å². The van der Waals surface area contributed by atoms with E-state index in [1.165, 1.54) is 0 Å². The molecular weight excluding hydrogens is 266 g/mol. The van der Waals surface area contributed by atoms with Gasteiger partial charge in [-0.1, -0.05) is 30.3 Å². The molecule has 0 unspecified atom stereocenters. The SMILES string of the molecule is CNC(=O)CN(C)c1cc(NC)nc(-c2ccccc2)n1. The number of amides is 1. The van der Waals surface area contributed by atoms with Gasteiger partial charge in [0.25, 0.3) is 0 Å². The van der Waals surface area contributed by atoms with Crippen LogP contribution in [0.25, 0.3) is 11.4 Å². The largest absolute Gasteiger partial charge is 0.373 e. The van der Waals surface area contributed by atoms with Crippen LogP contribution in [0.2, 0.25) is 0 Å². The Kier molecular flexibility index (Phi) is 4.71. The van der Waals surface area contributed by atoms with Gasteiger partial charge in [-0.3, -0.25) is 4.79 Å². The summed E-state index contributed by atoms with van der Waals surface area (Å²) in [5.41, 5.74) is 0.934. The number of hydrogen-bond acceptors (Lipinski definition) is 5. The van der Waals surface area contributed by atoms with Crippen LogP contribution in [0.3, 0.4) is 0 Å². The molecule has 1 aromatic heterocycles. The molecular formula is C15H19N5O. The highest BCUT2D eigenvalue weighted by Gasteiger charge is 2.11. The molecule has 0 bridgehead atoms. The van der Waals surface area contributed by atoms with Crippen molar-refractivity contribution in [3.8, 4) is 11.4 Å². The van der Waals surface area contributed by atoms with E-state index >= 15 is 0 Å². The minimum absolute atomic E-state index is 0.0663. The summed E-state index contributed by atoms with van der Waals surface area (Å²) < 4.78 is 0. The Bertz CT molecular complexity index is 615. The number of nitrogens with zero attached hydrogens (tertiary/aromatic N) is 3. The maximum absolute atomic E-state index is 11.5. The first-order valence-electron chi connectivity index (χ1n) is 6.68. The normalized spacial score (nSPS) is 10.0. The fraction of sp³-hybridized carbons (Fsp3) is 0.267. The maximum Gasteiger partial charge on any atom is 0.239 e. The van der Waals surface area contributed by atoms with Crippen LogP contribution < -0.4 is 15.5 Å². The van der Waals surface area contributed by atoms with Gasteiger partial charge in [-0.25, -0.2) is 9.97 Å². The van der Waals surface area contributed by atoms with E-state index in [-0.39, 0.29) is 12.5 Å². The number of carbonyl (C=O) groups is 1. The summed E-state index contributed by atoms with van der Waals surface area (Å²) >= 11 is 0. The van der Waals surface area contributed by atoms with Gasteiger partial charge in [-0.05, 0) is 0 Å². The maximum atomic E-state index is 11.5. The second-order valence-corrected chi connectivity index (χ2v) is 4.58. The Morgan fingerprint density at radius 2 is 1.90 bits per heavy atom. The molecule has 2 N–H and O–H groups in total. The molecule has 0 saturated carbocycles. The molecule has 110 valence electrons. The molecule has 0 radical (unpaired) electrons. The number of benzene rings is 1. The molecule has 0 aliphatic carbocycles. The first-order valence-corrected chi connectivity index (χ1v) is 6.68. The van der Waals surface area contributed by atoms with Crippen molar-refractivity contribution in [1.29, 1.82) is 0 Å². The fourth-order valence-electron chi connectivity index (χ4n) is 1.85. The number of hydrogen-bond donors (Lipinski definition) is 2. The third-order valence-electron chi connectivity index (χ3n) is 3.05. The van der Waals surface area contributed by atoms with E-state index in [1.54, 1.807) is 19.0 Å². The van der Waals surface area contributed by atoms with E-state index in [2.05, 4.69) is 20.6 Å². The van der Waals surface area contributed by atoms with Crippen molar-refractivity contribution < 1.29 is 4.79 Å². The Hall–Kier alpha value is -2.63. The van der Waals surface area contributed by atoms with Gasteiger partial charge in [0.1, 0.15) is 11.6 Å². The Labute approximate surface area is 124 Å². The van der Waals surface area contributed by atoms with Crippen LogP contribution in [-0.2, 0) is 4.79 Å². The Morgan fingerprint density at radius 1 is 1.19 bits per heavy atom. The lowest BCUT2D eigenvalue weighted by molar-refractivity contribution is -0.119. The van der Waals surface area contributed by atoms with Crippen LogP contribution in [-0.4, -0.2) is 43.6 Å². The molecule has 0 spiro atoms. The van der Waals surface area contributed by atoms with Crippen LogP contribution in [0.4, 0.5) is 11.6 Å². The lowest BCUT2D eigenvalue weighted by atomic mass is 10.2. The predicted molar refractivity (Wildman–Crippen MR) is 84.4 cm³/mol. The monoisotopic (exact) mass is 285 g/mol. The number of aromatic nitrogens is 2. The van der Waals surface area contributed by atoms with Crippen molar-refractivity contribution >= 4 is 17.5 Å². The molecule has 1 amide bonds. The molecule has 6 nitrogen and oxygen atoms in total. The molecule has 0 saturated heterocycles. The van der Waals surface area contributed by atoms with Gasteiger partial charge < -0.3 is 15.5 Å². The van der Waals surface area contributed by atoms with E-state index < -0.39 is 0 Å². The van der Waals surface area contributed by atoms with Gasteiger partial charge in [-0.2, -0.15) is 0 Å². The Morgan fingerprint density at radius 3 is 2.52 bits per heavy atom. The first-order chi connectivity index (χ1) is 10.1. The predicted octanol–water partition coefficient (Wildman–Crippen LogP) is 1.37. The zero-order valence-corrected chi connectivity index (χ0v) is 12.4. The first kappa shape index (κ1) is 14.8. The van der Waals surface area contributed by atoms with Crippen molar-refractivity contribution in [1.82, 2.24) is 15.3 Å². The van der Waals surface area contributed by atoms with E-state index in [4.69, 9.17) is 0 Å². The zero-order valence-electron chi connectivity index (χ0n) is 12.4. The number of likely N-dealkylation sites (N-methyl/N-ethyl adjacent to an activating group) is 2. The summed E-state index contributed by atoms with van der Waals surface area (Å²) in [6, 6.07) is 11.6. The van der Waals surface area contributed by atoms with E-state index in [1.807, 2.05) is 43.4 Å². The van der Waals surface area contributed by atoms with Gasteiger partial charge >= 0.3 is 0 Å². The van der Waals surface area contributed by atoms with Crippen molar-refractivity contribution in [3.05, 3.63) is 36.4 Å². The van der Waals surface area contributed by atoms with Crippen LogP contribution in [0.15, 0.2) is 36.4 Å². The van der Waals surface area contributed by atoms with Crippen molar-refractivity contribution in [2.75, 3.05) is 37.9 Å². The summed E-state index contributed by atoms with van der Waals surface area (Å²) in [7, 11) is 5.25. The molecule has 0 aliphatic heterocycles. The van der Waals surface area contributed by atoms with Crippen molar-refractivity contribution in [2.24, 2.45) is 0 Å². The lowest BCUT2D eigenvalue weighted by Crippen LogP contribution is -2.33. The summed E-state index contributed by atoms with van der Waals surface area (Å²) in [4.78, 5) is 22.3. The smallest absolute Gasteiger partial charge is 0.239 e. The molecule has 0 aliphatic rings. The minimum atomic E-state index is -0.0663. The van der Waals surface area contributed by atoms with Crippen LogP contribution in [0, 0.1) is 0 Å². The summed E-state index contributed by atoms with van der Waals surface area (Å²) in [6.45, 7) is 0.241. The Balaban J connectivity index is 2.36. The highest BCUT2D eigenvalue weighted by Crippen LogP contribution is 2.21.